The van der Waals surface area contributed by atoms with Crippen molar-refractivity contribution in [2.45, 2.75) is 33.8 Å². The van der Waals surface area contributed by atoms with E-state index in [4.69, 9.17) is 23.0 Å². The molecule has 0 spiro atoms. The van der Waals surface area contributed by atoms with Gasteiger partial charge in [0, 0.05) is 13.2 Å². The molecule has 0 heterocycles. The summed E-state index contributed by atoms with van der Waals surface area (Å²) in [5, 5.41) is 0. The Morgan fingerprint density at radius 1 is 0.833 bits per heavy atom. The summed E-state index contributed by atoms with van der Waals surface area (Å²) in [6.45, 7) is 9.41. The summed E-state index contributed by atoms with van der Waals surface area (Å²) >= 11 is 0. The zero-order valence-electron chi connectivity index (χ0n) is 11.7. The number of phosphoric ester groups is 1. The van der Waals surface area contributed by atoms with E-state index in [-0.39, 0.29) is 25.9 Å². The molecule has 0 bridgehead atoms. The predicted octanol–water partition coefficient (Wildman–Crippen LogP) is 2.63. The molecule has 0 aromatic carbocycles. The van der Waals surface area contributed by atoms with Crippen molar-refractivity contribution in [3.05, 3.63) is 0 Å². The van der Waals surface area contributed by atoms with Crippen molar-refractivity contribution in [3.63, 3.8) is 0 Å². The van der Waals surface area contributed by atoms with Gasteiger partial charge in [-0.2, -0.15) is 0 Å². The highest BCUT2D eigenvalue weighted by Crippen LogP contribution is 2.49. The molecular weight excluding hydrogens is 259 g/mol. The first-order valence-corrected chi connectivity index (χ1v) is 7.80. The van der Waals surface area contributed by atoms with Gasteiger partial charge >= 0.3 is 7.82 Å². The van der Waals surface area contributed by atoms with Crippen LogP contribution in [-0.2, 0) is 27.6 Å². The fraction of sp³-hybridized carbons (Fsp3) is 1.00. The third-order valence-electron chi connectivity index (χ3n) is 1.90. The van der Waals surface area contributed by atoms with Gasteiger partial charge in [0.1, 0.15) is 6.10 Å². The van der Waals surface area contributed by atoms with E-state index in [0.29, 0.717) is 19.8 Å². The van der Waals surface area contributed by atoms with E-state index in [0.717, 1.165) is 0 Å². The van der Waals surface area contributed by atoms with E-state index in [9.17, 15) is 4.57 Å². The minimum atomic E-state index is -3.46. The first kappa shape index (κ1) is 18.0. The summed E-state index contributed by atoms with van der Waals surface area (Å²) in [4.78, 5) is 0. The van der Waals surface area contributed by atoms with Gasteiger partial charge in [-0.25, -0.2) is 4.57 Å². The second-order valence-electron chi connectivity index (χ2n) is 3.32. The summed E-state index contributed by atoms with van der Waals surface area (Å²) in [5.41, 5.74) is 0. The molecule has 1 atom stereocenters. The van der Waals surface area contributed by atoms with Crippen LogP contribution in [0.2, 0.25) is 0 Å². The first-order chi connectivity index (χ1) is 8.61. The highest BCUT2D eigenvalue weighted by Gasteiger charge is 2.27. The molecule has 0 aliphatic heterocycles. The summed E-state index contributed by atoms with van der Waals surface area (Å²) in [6.07, 6.45) is -0.274. The standard InChI is InChI=1S/C11H25O6P/c1-5-13-9-11(14-6-2)10-17-18(12,15-7-3)16-8-4/h11H,5-10H2,1-4H3/t11-/m0/s1. The Hall–Kier alpha value is 0.0300. The van der Waals surface area contributed by atoms with Gasteiger partial charge < -0.3 is 9.47 Å². The lowest BCUT2D eigenvalue weighted by Gasteiger charge is -2.21. The van der Waals surface area contributed by atoms with Crippen LogP contribution in [-0.4, -0.2) is 45.7 Å². The van der Waals surface area contributed by atoms with E-state index < -0.39 is 7.82 Å². The number of hydrogen-bond donors (Lipinski definition) is 0. The highest BCUT2D eigenvalue weighted by atomic mass is 31.2. The molecule has 0 radical (unpaired) electrons. The van der Waals surface area contributed by atoms with Crippen molar-refractivity contribution < 1.29 is 27.6 Å². The minimum Gasteiger partial charge on any atom is -0.379 e. The Kier molecular flexibility index (Phi) is 10.9. The molecule has 0 amide bonds. The maximum absolute atomic E-state index is 12.0. The van der Waals surface area contributed by atoms with Crippen LogP contribution in [0.1, 0.15) is 27.7 Å². The molecule has 0 N–H and O–H groups in total. The lowest BCUT2D eigenvalue weighted by molar-refractivity contribution is -0.0378. The monoisotopic (exact) mass is 284 g/mol. The normalized spacial score (nSPS) is 13.8. The second-order valence-corrected chi connectivity index (χ2v) is 4.98. The van der Waals surface area contributed by atoms with Crippen LogP contribution in [0.3, 0.4) is 0 Å². The van der Waals surface area contributed by atoms with Gasteiger partial charge in [0.15, 0.2) is 0 Å². The van der Waals surface area contributed by atoms with Crippen LogP contribution >= 0.6 is 7.82 Å². The van der Waals surface area contributed by atoms with Crippen LogP contribution in [0, 0.1) is 0 Å². The predicted molar refractivity (Wildman–Crippen MR) is 68.7 cm³/mol. The zero-order chi connectivity index (χ0) is 13.9. The third kappa shape index (κ3) is 8.19. The molecule has 6 nitrogen and oxygen atoms in total. The second kappa shape index (κ2) is 10.9. The molecule has 18 heavy (non-hydrogen) atoms. The molecule has 0 aromatic heterocycles. The number of hydrogen-bond acceptors (Lipinski definition) is 6. The molecule has 0 fully saturated rings. The van der Waals surface area contributed by atoms with Gasteiger partial charge in [-0.3, -0.25) is 13.6 Å². The van der Waals surface area contributed by atoms with E-state index >= 15 is 0 Å². The molecule has 0 saturated heterocycles. The van der Waals surface area contributed by atoms with E-state index in [1.807, 2.05) is 13.8 Å². The van der Waals surface area contributed by atoms with Gasteiger partial charge in [-0.1, -0.05) is 0 Å². The minimum absolute atomic E-state index is 0.116. The lowest BCUT2D eigenvalue weighted by Crippen LogP contribution is -2.25. The molecular formula is C11H25O6P. The summed E-state index contributed by atoms with van der Waals surface area (Å²) < 4.78 is 38.0. The molecule has 0 aliphatic carbocycles. The summed E-state index contributed by atoms with van der Waals surface area (Å²) in [7, 11) is -3.46. The SMILES string of the molecule is CCOC[C@@H](COP(=O)(OCC)OCC)OCC. The number of ether oxygens (including phenoxy) is 2. The van der Waals surface area contributed by atoms with Crippen LogP contribution in [0.15, 0.2) is 0 Å². The van der Waals surface area contributed by atoms with E-state index in [1.54, 1.807) is 13.8 Å². The maximum Gasteiger partial charge on any atom is 0.474 e. The Morgan fingerprint density at radius 3 is 1.89 bits per heavy atom. The Labute approximate surface area is 110 Å². The average Bonchev–Trinajstić information content (AvgIpc) is 2.33. The van der Waals surface area contributed by atoms with Crippen molar-refractivity contribution in [2.75, 3.05) is 39.6 Å². The smallest absolute Gasteiger partial charge is 0.379 e. The molecule has 7 heteroatoms. The number of phosphoric acid groups is 1. The average molecular weight is 284 g/mol. The van der Waals surface area contributed by atoms with Gasteiger partial charge in [0.05, 0.1) is 26.4 Å². The van der Waals surface area contributed by atoms with Crippen molar-refractivity contribution >= 4 is 7.82 Å². The Morgan fingerprint density at radius 2 is 1.44 bits per heavy atom. The quantitative estimate of drug-likeness (QED) is 0.513. The molecule has 0 unspecified atom stereocenters. The topological polar surface area (TPSA) is 63.2 Å². The van der Waals surface area contributed by atoms with Gasteiger partial charge in [0.2, 0.25) is 0 Å². The Balaban J connectivity index is 4.21. The lowest BCUT2D eigenvalue weighted by atomic mass is 10.4. The molecule has 0 rings (SSSR count). The molecule has 110 valence electrons. The van der Waals surface area contributed by atoms with Crippen molar-refractivity contribution in [2.24, 2.45) is 0 Å². The molecule has 0 aromatic rings. The van der Waals surface area contributed by atoms with Crippen molar-refractivity contribution in [1.82, 2.24) is 0 Å². The highest BCUT2D eigenvalue weighted by molar-refractivity contribution is 7.48. The first-order valence-electron chi connectivity index (χ1n) is 6.34. The van der Waals surface area contributed by atoms with Crippen LogP contribution in [0.4, 0.5) is 0 Å². The van der Waals surface area contributed by atoms with Crippen molar-refractivity contribution in [1.29, 1.82) is 0 Å². The Bertz CT molecular complexity index is 226. The van der Waals surface area contributed by atoms with Gasteiger partial charge in [0.25, 0.3) is 0 Å². The van der Waals surface area contributed by atoms with Crippen molar-refractivity contribution in [3.8, 4) is 0 Å². The van der Waals surface area contributed by atoms with E-state index in [2.05, 4.69) is 0 Å². The molecule has 0 aliphatic rings. The van der Waals surface area contributed by atoms with Crippen LogP contribution in [0.5, 0.6) is 0 Å². The van der Waals surface area contributed by atoms with Crippen LogP contribution in [0.25, 0.3) is 0 Å². The fourth-order valence-corrected chi connectivity index (χ4v) is 2.44. The zero-order valence-corrected chi connectivity index (χ0v) is 12.6. The summed E-state index contributed by atoms with van der Waals surface area (Å²) in [6, 6.07) is 0. The fourth-order valence-electron chi connectivity index (χ4n) is 1.23. The van der Waals surface area contributed by atoms with E-state index in [1.165, 1.54) is 0 Å². The van der Waals surface area contributed by atoms with Gasteiger partial charge in [-0.05, 0) is 27.7 Å². The number of rotatable bonds is 12. The summed E-state index contributed by atoms with van der Waals surface area (Å²) in [5.74, 6) is 0. The largest absolute Gasteiger partial charge is 0.474 e. The maximum atomic E-state index is 12.0. The third-order valence-corrected chi connectivity index (χ3v) is 3.52. The van der Waals surface area contributed by atoms with Crippen LogP contribution < -0.4 is 0 Å². The van der Waals surface area contributed by atoms with Gasteiger partial charge in [-0.15, -0.1) is 0 Å². The molecule has 0 saturated carbocycles.